The van der Waals surface area contributed by atoms with Crippen molar-refractivity contribution in [3.8, 4) is 11.5 Å². The number of aromatic nitrogens is 1. The molecule has 200 valence electrons. The normalized spacial score (nSPS) is 14.5. The van der Waals surface area contributed by atoms with E-state index in [0.717, 1.165) is 28.1 Å². The summed E-state index contributed by atoms with van der Waals surface area (Å²) >= 11 is 0. The van der Waals surface area contributed by atoms with Crippen LogP contribution in [0.4, 0.5) is 5.69 Å². The van der Waals surface area contributed by atoms with Gasteiger partial charge in [0.1, 0.15) is 29.6 Å². The molecule has 0 saturated heterocycles. The van der Waals surface area contributed by atoms with E-state index in [1.54, 1.807) is 11.0 Å². The number of Topliss-reactive ketones (excluding diaryl/α,β-unsaturated/α-hetero) is 1. The summed E-state index contributed by atoms with van der Waals surface area (Å²) in [5, 5.41) is 8.70. The van der Waals surface area contributed by atoms with Crippen molar-refractivity contribution in [1.82, 2.24) is 9.88 Å². The van der Waals surface area contributed by atoms with Gasteiger partial charge in [-0.15, -0.1) is 17.0 Å². The summed E-state index contributed by atoms with van der Waals surface area (Å²) in [5.41, 5.74) is 10.5. The Morgan fingerprint density at radius 3 is 2.51 bits per heavy atom. The predicted molar refractivity (Wildman–Crippen MR) is 149 cm³/mol. The van der Waals surface area contributed by atoms with E-state index in [1.807, 2.05) is 31.7 Å². The van der Waals surface area contributed by atoms with Crippen molar-refractivity contribution in [2.24, 2.45) is 5.73 Å². The van der Waals surface area contributed by atoms with Gasteiger partial charge in [0.05, 0.1) is 37.6 Å². The first-order valence-electron chi connectivity index (χ1n) is 12.3. The standard InChI is InChI=1S/C27H35N5O4.BrH/c1-7-35-24-15(2)18-12-32(26(29)23(18)30-16(24)3)13-21(33)17-10-19(27(4,5)6)25-20(11-17)31(8-9-36-25)14-22(28)34;/h10-11,29H,7-9,12-14H2,1-6H3,(H2,28,34);1H. The zero-order valence-corrected chi connectivity index (χ0v) is 24.1. The van der Waals surface area contributed by atoms with Crippen LogP contribution in [0.5, 0.6) is 11.5 Å². The lowest BCUT2D eigenvalue weighted by atomic mass is 9.84. The van der Waals surface area contributed by atoms with E-state index in [1.165, 1.54) is 0 Å². The predicted octanol–water partition coefficient (Wildman–Crippen LogP) is 3.68. The van der Waals surface area contributed by atoms with Crippen molar-refractivity contribution in [2.45, 2.75) is 53.5 Å². The smallest absolute Gasteiger partial charge is 0.236 e. The third-order valence-corrected chi connectivity index (χ3v) is 6.69. The molecule has 1 aromatic carbocycles. The van der Waals surface area contributed by atoms with Gasteiger partial charge in [-0.2, -0.15) is 0 Å². The first-order chi connectivity index (χ1) is 16.9. The molecule has 0 bridgehead atoms. The number of fused-ring (bicyclic) bond motifs is 2. The highest BCUT2D eigenvalue weighted by Crippen LogP contribution is 2.42. The van der Waals surface area contributed by atoms with E-state index < -0.39 is 5.91 Å². The van der Waals surface area contributed by atoms with Crippen molar-refractivity contribution in [3.63, 3.8) is 0 Å². The Morgan fingerprint density at radius 1 is 1.19 bits per heavy atom. The van der Waals surface area contributed by atoms with Crippen LogP contribution in [0.15, 0.2) is 12.1 Å². The first kappa shape index (κ1) is 28.4. The number of rotatable bonds is 7. The maximum atomic E-state index is 13.6. The largest absolute Gasteiger partial charge is 0.492 e. The number of primary amides is 1. The topological polar surface area (TPSA) is 122 Å². The monoisotopic (exact) mass is 573 g/mol. The summed E-state index contributed by atoms with van der Waals surface area (Å²) in [7, 11) is 0. The third-order valence-electron chi connectivity index (χ3n) is 6.69. The summed E-state index contributed by atoms with van der Waals surface area (Å²) in [5.74, 6) is 1.11. The Labute approximate surface area is 228 Å². The minimum atomic E-state index is -0.440. The van der Waals surface area contributed by atoms with Gasteiger partial charge in [0.25, 0.3) is 0 Å². The van der Waals surface area contributed by atoms with Gasteiger partial charge < -0.3 is 25.0 Å². The van der Waals surface area contributed by atoms with Crippen molar-refractivity contribution in [1.29, 1.82) is 5.41 Å². The number of aryl methyl sites for hydroxylation is 1. The Morgan fingerprint density at radius 2 is 1.89 bits per heavy atom. The maximum absolute atomic E-state index is 13.6. The minimum Gasteiger partial charge on any atom is -0.492 e. The molecule has 0 aliphatic carbocycles. The molecule has 2 aromatic rings. The number of nitrogens with one attached hydrogen (secondary N) is 1. The van der Waals surface area contributed by atoms with Crippen molar-refractivity contribution < 1.29 is 19.1 Å². The molecule has 0 spiro atoms. The molecule has 3 heterocycles. The Kier molecular flexibility index (Phi) is 8.21. The van der Waals surface area contributed by atoms with E-state index in [-0.39, 0.29) is 47.1 Å². The number of carbonyl (C=O) groups excluding carboxylic acids is 2. The number of carbonyl (C=O) groups is 2. The second-order valence-electron chi connectivity index (χ2n) is 10.4. The van der Waals surface area contributed by atoms with E-state index in [4.69, 9.17) is 20.6 Å². The number of ether oxygens (including phenoxy) is 2. The SMILES string of the molecule is Br.CCOc1c(C)nc2c(c1C)CN(CC(=O)c1cc3c(c(C(C)(C)C)c1)OCCN3CC(N)=O)C2=N. The molecule has 1 amide bonds. The van der Waals surface area contributed by atoms with E-state index in [2.05, 4.69) is 25.8 Å². The van der Waals surface area contributed by atoms with Crippen LogP contribution in [-0.4, -0.2) is 60.3 Å². The molecular formula is C27H36BrN5O4. The second kappa shape index (κ2) is 10.7. The van der Waals surface area contributed by atoms with Crippen LogP contribution in [0.2, 0.25) is 0 Å². The summed E-state index contributed by atoms with van der Waals surface area (Å²) in [6.45, 7) is 14.0. The first-order valence-corrected chi connectivity index (χ1v) is 12.3. The number of nitrogens with zero attached hydrogens (tertiary/aromatic N) is 3. The number of anilines is 1. The van der Waals surface area contributed by atoms with Gasteiger partial charge in [-0.3, -0.25) is 15.0 Å². The fourth-order valence-electron chi connectivity index (χ4n) is 4.89. The third kappa shape index (κ3) is 5.44. The van der Waals surface area contributed by atoms with Crippen LogP contribution in [0.1, 0.15) is 66.1 Å². The minimum absolute atomic E-state index is 0. The number of halogens is 1. The summed E-state index contributed by atoms with van der Waals surface area (Å²) in [4.78, 5) is 33.5. The number of ketones is 1. The maximum Gasteiger partial charge on any atom is 0.236 e. The van der Waals surface area contributed by atoms with Crippen molar-refractivity contribution >= 4 is 40.2 Å². The van der Waals surface area contributed by atoms with Crippen LogP contribution in [0, 0.1) is 19.3 Å². The number of nitrogens with two attached hydrogens (primary N) is 1. The van der Waals surface area contributed by atoms with Gasteiger partial charge in [-0.05, 0) is 38.3 Å². The highest BCUT2D eigenvalue weighted by molar-refractivity contribution is 8.93. The molecule has 3 N–H and O–H groups in total. The number of pyridine rings is 1. The highest BCUT2D eigenvalue weighted by Gasteiger charge is 2.33. The van der Waals surface area contributed by atoms with Crippen LogP contribution < -0.4 is 20.1 Å². The van der Waals surface area contributed by atoms with Gasteiger partial charge in [-0.25, -0.2) is 4.98 Å². The lowest BCUT2D eigenvalue weighted by Crippen LogP contribution is -2.40. The highest BCUT2D eigenvalue weighted by atomic mass is 79.9. The lowest BCUT2D eigenvalue weighted by molar-refractivity contribution is -0.116. The fraction of sp³-hybridized carbons (Fsp3) is 0.481. The molecular weight excluding hydrogens is 538 g/mol. The van der Waals surface area contributed by atoms with Gasteiger partial charge in [-0.1, -0.05) is 20.8 Å². The van der Waals surface area contributed by atoms with Crippen LogP contribution in [-0.2, 0) is 16.8 Å². The van der Waals surface area contributed by atoms with Gasteiger partial charge in [0.2, 0.25) is 5.91 Å². The molecule has 0 fully saturated rings. The Hall–Kier alpha value is -3.14. The number of amides is 1. The van der Waals surface area contributed by atoms with Crippen LogP contribution >= 0.6 is 17.0 Å². The average Bonchev–Trinajstić information content (AvgIpc) is 3.10. The summed E-state index contributed by atoms with van der Waals surface area (Å²) in [6.07, 6.45) is 0. The zero-order valence-electron chi connectivity index (χ0n) is 22.4. The molecule has 0 unspecified atom stereocenters. The lowest BCUT2D eigenvalue weighted by Gasteiger charge is -2.35. The van der Waals surface area contributed by atoms with Crippen molar-refractivity contribution in [2.75, 3.05) is 37.7 Å². The molecule has 0 radical (unpaired) electrons. The number of amidine groups is 1. The van der Waals surface area contributed by atoms with Crippen LogP contribution in [0.25, 0.3) is 0 Å². The number of benzene rings is 1. The summed E-state index contributed by atoms with van der Waals surface area (Å²) in [6, 6.07) is 3.66. The molecule has 2 aliphatic heterocycles. The summed E-state index contributed by atoms with van der Waals surface area (Å²) < 4.78 is 11.8. The molecule has 9 nitrogen and oxygen atoms in total. The number of hydrogen-bond donors (Lipinski definition) is 2. The molecule has 0 saturated carbocycles. The molecule has 37 heavy (non-hydrogen) atoms. The number of hydrogen-bond acceptors (Lipinski definition) is 7. The molecule has 0 atom stereocenters. The molecule has 4 rings (SSSR count). The molecule has 2 aliphatic rings. The van der Waals surface area contributed by atoms with Gasteiger partial charge in [0.15, 0.2) is 5.78 Å². The van der Waals surface area contributed by atoms with Gasteiger partial charge >= 0.3 is 0 Å². The Bertz CT molecular complexity index is 1250. The fourth-order valence-corrected chi connectivity index (χ4v) is 4.89. The quantitative estimate of drug-likeness (QED) is 0.484. The molecule has 10 heteroatoms. The van der Waals surface area contributed by atoms with E-state index >= 15 is 0 Å². The van der Waals surface area contributed by atoms with E-state index in [0.29, 0.717) is 49.0 Å². The second-order valence-corrected chi connectivity index (χ2v) is 10.4. The Balaban J connectivity index is 0.00000380. The molecule has 1 aromatic heterocycles. The average molecular weight is 575 g/mol. The van der Waals surface area contributed by atoms with E-state index in [9.17, 15) is 9.59 Å². The zero-order chi connectivity index (χ0) is 26.4. The van der Waals surface area contributed by atoms with Crippen molar-refractivity contribution in [3.05, 3.63) is 45.8 Å². The van der Waals surface area contributed by atoms with Crippen LogP contribution in [0.3, 0.4) is 0 Å². The van der Waals surface area contributed by atoms with Gasteiger partial charge in [0, 0.05) is 28.8 Å².